The van der Waals surface area contributed by atoms with Crippen LogP contribution in [0.4, 0.5) is 11.5 Å². The summed E-state index contributed by atoms with van der Waals surface area (Å²) in [5.41, 5.74) is 14.1. The zero-order valence-electron chi connectivity index (χ0n) is 9.66. The van der Waals surface area contributed by atoms with E-state index in [1.54, 1.807) is 12.4 Å². The number of aromatic nitrogens is 5. The van der Waals surface area contributed by atoms with E-state index in [2.05, 4.69) is 24.9 Å². The van der Waals surface area contributed by atoms with Crippen molar-refractivity contribution < 1.29 is 4.63 Å². The average Bonchev–Trinajstić information content (AvgIpc) is 2.92. The molecule has 8 heteroatoms. The molecule has 3 aromatic rings. The fraction of sp³-hybridized carbons (Fsp3) is 0.200. The van der Waals surface area contributed by atoms with E-state index in [9.17, 15) is 0 Å². The molecule has 3 aromatic heterocycles. The standard InChI is InChI=1S/C10H11N7O/c1-2-17-8-5(11)3-13-4-6(8)14-10(17)7-9(12)16-18-15-7/h3-4H,2,11H2,1H3,(H2,12,16). The maximum Gasteiger partial charge on any atom is 0.199 e. The largest absolute Gasteiger partial charge is 0.396 e. The molecule has 0 bridgehead atoms. The zero-order chi connectivity index (χ0) is 12.7. The molecule has 0 fully saturated rings. The van der Waals surface area contributed by atoms with E-state index in [4.69, 9.17) is 11.5 Å². The van der Waals surface area contributed by atoms with Crippen LogP contribution in [0, 0.1) is 0 Å². The van der Waals surface area contributed by atoms with Gasteiger partial charge in [-0.15, -0.1) is 0 Å². The summed E-state index contributed by atoms with van der Waals surface area (Å²) >= 11 is 0. The second-order valence-electron chi connectivity index (χ2n) is 3.77. The Morgan fingerprint density at radius 3 is 2.78 bits per heavy atom. The number of hydrogen-bond acceptors (Lipinski definition) is 7. The van der Waals surface area contributed by atoms with Crippen LogP contribution < -0.4 is 11.5 Å². The first-order valence-electron chi connectivity index (χ1n) is 5.40. The highest BCUT2D eigenvalue weighted by Gasteiger charge is 2.19. The van der Waals surface area contributed by atoms with Crippen molar-refractivity contribution in [2.45, 2.75) is 13.5 Å². The van der Waals surface area contributed by atoms with E-state index in [-0.39, 0.29) is 5.82 Å². The van der Waals surface area contributed by atoms with Crippen LogP contribution in [-0.2, 0) is 6.54 Å². The van der Waals surface area contributed by atoms with Crippen molar-refractivity contribution in [3.8, 4) is 11.5 Å². The summed E-state index contributed by atoms with van der Waals surface area (Å²) in [4.78, 5) is 8.44. The maximum atomic E-state index is 5.92. The maximum absolute atomic E-state index is 5.92. The molecule has 0 unspecified atom stereocenters. The van der Waals surface area contributed by atoms with Crippen LogP contribution in [0.1, 0.15) is 6.92 Å². The minimum Gasteiger partial charge on any atom is -0.396 e. The van der Waals surface area contributed by atoms with Crippen LogP contribution in [0.25, 0.3) is 22.6 Å². The molecule has 4 N–H and O–H groups in total. The molecule has 3 rings (SSSR count). The first-order valence-corrected chi connectivity index (χ1v) is 5.40. The number of anilines is 2. The highest BCUT2D eigenvalue weighted by atomic mass is 16.6. The molecule has 0 spiro atoms. The first-order chi connectivity index (χ1) is 8.72. The highest BCUT2D eigenvalue weighted by Crippen LogP contribution is 2.28. The lowest BCUT2D eigenvalue weighted by Crippen LogP contribution is -2.01. The SMILES string of the molecule is CCn1c(-c2nonc2N)nc2cncc(N)c21. The van der Waals surface area contributed by atoms with E-state index in [1.807, 2.05) is 11.5 Å². The minimum atomic E-state index is 0.200. The van der Waals surface area contributed by atoms with Crippen LogP contribution in [0.5, 0.6) is 0 Å². The normalized spacial score (nSPS) is 11.2. The molecule has 0 aromatic carbocycles. The van der Waals surface area contributed by atoms with Crippen LogP contribution >= 0.6 is 0 Å². The van der Waals surface area contributed by atoms with Crippen molar-refractivity contribution in [2.75, 3.05) is 11.5 Å². The van der Waals surface area contributed by atoms with Gasteiger partial charge in [-0.2, -0.15) is 0 Å². The van der Waals surface area contributed by atoms with E-state index in [0.717, 1.165) is 5.52 Å². The quantitative estimate of drug-likeness (QED) is 0.680. The topological polar surface area (TPSA) is 122 Å². The fourth-order valence-electron chi connectivity index (χ4n) is 1.95. The third kappa shape index (κ3) is 1.32. The number of imidazole rings is 1. The third-order valence-corrected chi connectivity index (χ3v) is 2.72. The Balaban J connectivity index is 2.37. The third-order valence-electron chi connectivity index (χ3n) is 2.72. The lowest BCUT2D eigenvalue weighted by Gasteiger charge is -2.04. The molecule has 3 heterocycles. The Hall–Kier alpha value is -2.64. The van der Waals surface area contributed by atoms with Gasteiger partial charge in [0, 0.05) is 6.54 Å². The molecule has 18 heavy (non-hydrogen) atoms. The van der Waals surface area contributed by atoms with Gasteiger partial charge in [0.05, 0.1) is 23.6 Å². The van der Waals surface area contributed by atoms with E-state index in [1.165, 1.54) is 0 Å². The van der Waals surface area contributed by atoms with Gasteiger partial charge in [-0.1, -0.05) is 0 Å². The lowest BCUT2D eigenvalue weighted by molar-refractivity contribution is 0.310. The van der Waals surface area contributed by atoms with Crippen LogP contribution in [0.2, 0.25) is 0 Å². The Kier molecular flexibility index (Phi) is 2.15. The second-order valence-corrected chi connectivity index (χ2v) is 3.77. The van der Waals surface area contributed by atoms with Crippen LogP contribution in [0.3, 0.4) is 0 Å². The summed E-state index contributed by atoms with van der Waals surface area (Å²) in [7, 11) is 0. The van der Waals surface area contributed by atoms with Crippen molar-refractivity contribution >= 4 is 22.5 Å². The van der Waals surface area contributed by atoms with Gasteiger partial charge in [-0.3, -0.25) is 4.98 Å². The predicted molar refractivity (Wildman–Crippen MR) is 65.3 cm³/mol. The average molecular weight is 245 g/mol. The van der Waals surface area contributed by atoms with Crippen LogP contribution in [0.15, 0.2) is 17.0 Å². The van der Waals surface area contributed by atoms with Gasteiger partial charge in [-0.05, 0) is 17.2 Å². The van der Waals surface area contributed by atoms with Crippen molar-refractivity contribution in [1.29, 1.82) is 0 Å². The zero-order valence-corrected chi connectivity index (χ0v) is 9.66. The Bertz CT molecular complexity index is 714. The summed E-state index contributed by atoms with van der Waals surface area (Å²) in [6, 6.07) is 0. The summed E-state index contributed by atoms with van der Waals surface area (Å²) < 4.78 is 6.51. The summed E-state index contributed by atoms with van der Waals surface area (Å²) in [5, 5.41) is 7.32. The smallest absolute Gasteiger partial charge is 0.199 e. The van der Waals surface area contributed by atoms with Gasteiger partial charge >= 0.3 is 0 Å². The van der Waals surface area contributed by atoms with E-state index >= 15 is 0 Å². The molecule has 0 amide bonds. The molecule has 0 radical (unpaired) electrons. The summed E-state index contributed by atoms with van der Waals surface area (Å²) in [5.74, 6) is 0.775. The first kappa shape index (κ1) is 10.5. The number of fused-ring (bicyclic) bond motifs is 1. The molecule has 0 saturated carbocycles. The molecule has 0 atom stereocenters. The number of nitrogens with zero attached hydrogens (tertiary/aromatic N) is 5. The van der Waals surface area contributed by atoms with E-state index in [0.29, 0.717) is 29.3 Å². The molecule has 0 saturated heterocycles. The molecule has 0 aliphatic carbocycles. The van der Waals surface area contributed by atoms with E-state index < -0.39 is 0 Å². The number of aryl methyl sites for hydroxylation is 1. The van der Waals surface area contributed by atoms with Crippen molar-refractivity contribution in [2.24, 2.45) is 0 Å². The minimum absolute atomic E-state index is 0.200. The van der Waals surface area contributed by atoms with Gasteiger partial charge in [-0.25, -0.2) is 9.61 Å². The number of rotatable bonds is 2. The molecule has 92 valence electrons. The Labute approximate surface area is 102 Å². The van der Waals surface area contributed by atoms with Gasteiger partial charge in [0.15, 0.2) is 17.3 Å². The molecular weight excluding hydrogens is 234 g/mol. The van der Waals surface area contributed by atoms with Crippen molar-refractivity contribution in [3.63, 3.8) is 0 Å². The number of nitrogen functional groups attached to an aromatic ring is 2. The van der Waals surface area contributed by atoms with Crippen molar-refractivity contribution in [1.82, 2.24) is 24.8 Å². The Morgan fingerprint density at radius 1 is 1.28 bits per heavy atom. The van der Waals surface area contributed by atoms with Crippen LogP contribution in [-0.4, -0.2) is 24.8 Å². The Morgan fingerprint density at radius 2 is 2.11 bits per heavy atom. The van der Waals surface area contributed by atoms with Gasteiger partial charge in [0.1, 0.15) is 5.52 Å². The fourth-order valence-corrected chi connectivity index (χ4v) is 1.95. The molecule has 0 aliphatic heterocycles. The monoisotopic (exact) mass is 245 g/mol. The predicted octanol–water partition coefficient (Wildman–Crippen LogP) is 0.666. The van der Waals surface area contributed by atoms with Gasteiger partial charge < -0.3 is 16.0 Å². The molecule has 0 aliphatic rings. The lowest BCUT2D eigenvalue weighted by atomic mass is 10.3. The van der Waals surface area contributed by atoms with Gasteiger partial charge in [0.25, 0.3) is 0 Å². The number of pyridine rings is 1. The summed E-state index contributed by atoms with van der Waals surface area (Å²) in [6.07, 6.45) is 3.23. The molecular formula is C10H11N7O. The summed E-state index contributed by atoms with van der Waals surface area (Å²) in [6.45, 7) is 2.65. The van der Waals surface area contributed by atoms with Gasteiger partial charge in [0.2, 0.25) is 0 Å². The second kappa shape index (κ2) is 3.69. The molecule has 8 nitrogen and oxygen atoms in total. The number of nitrogens with two attached hydrogens (primary N) is 2. The van der Waals surface area contributed by atoms with Crippen molar-refractivity contribution in [3.05, 3.63) is 12.4 Å². The highest BCUT2D eigenvalue weighted by molar-refractivity contribution is 5.89. The number of hydrogen-bond donors (Lipinski definition) is 2.